The first-order valence-corrected chi connectivity index (χ1v) is 10.2. The fourth-order valence-electron chi connectivity index (χ4n) is 3.92. The summed E-state index contributed by atoms with van der Waals surface area (Å²) >= 11 is 1.53. The Kier molecular flexibility index (Phi) is 5.09. The second-order valence-corrected chi connectivity index (χ2v) is 8.21. The van der Waals surface area contributed by atoms with Crippen molar-refractivity contribution >= 4 is 33.1 Å². The topological polar surface area (TPSA) is 71.2 Å². The second-order valence-electron chi connectivity index (χ2n) is 7.29. The monoisotopic (exact) mass is 380 g/mol. The molecule has 0 saturated carbocycles. The Labute approximate surface area is 163 Å². The van der Waals surface area contributed by atoms with Gasteiger partial charge in [0.05, 0.1) is 10.3 Å². The Morgan fingerprint density at radius 1 is 1.33 bits per heavy atom. The average Bonchev–Trinajstić information content (AvgIpc) is 3.28. The van der Waals surface area contributed by atoms with Crippen LogP contribution in [0, 0.1) is 5.92 Å². The maximum atomic E-state index is 11.6. The number of nitrogens with two attached hydrogens (primary N) is 1. The molecule has 0 radical (unpaired) electrons. The van der Waals surface area contributed by atoms with Gasteiger partial charge in [-0.15, -0.1) is 11.3 Å². The normalized spacial score (nSPS) is 20.2. The molecular formula is C21H24N4OS. The van der Waals surface area contributed by atoms with E-state index in [0.29, 0.717) is 17.5 Å². The summed E-state index contributed by atoms with van der Waals surface area (Å²) in [4.78, 5) is 18.6. The number of benzene rings is 1. The van der Waals surface area contributed by atoms with Crippen LogP contribution in [0.2, 0.25) is 0 Å². The number of aromatic nitrogens is 1. The molecule has 1 aliphatic rings. The van der Waals surface area contributed by atoms with Gasteiger partial charge in [-0.1, -0.05) is 30.3 Å². The zero-order chi connectivity index (χ0) is 18.8. The number of anilines is 1. The van der Waals surface area contributed by atoms with Crippen molar-refractivity contribution < 1.29 is 4.79 Å². The Balaban J connectivity index is 1.41. The number of likely N-dealkylation sites (tertiary alicyclic amines) is 1. The van der Waals surface area contributed by atoms with Crippen LogP contribution in [0.3, 0.4) is 0 Å². The van der Waals surface area contributed by atoms with E-state index in [4.69, 9.17) is 5.73 Å². The van der Waals surface area contributed by atoms with E-state index < -0.39 is 5.91 Å². The molecule has 2 atom stereocenters. The summed E-state index contributed by atoms with van der Waals surface area (Å²) in [7, 11) is 0. The van der Waals surface area contributed by atoms with Crippen molar-refractivity contribution in [3.05, 3.63) is 59.1 Å². The van der Waals surface area contributed by atoms with Crippen LogP contribution >= 0.6 is 11.3 Å². The third-order valence-corrected chi connectivity index (χ3v) is 6.28. The van der Waals surface area contributed by atoms with Crippen molar-refractivity contribution in [3.8, 4) is 0 Å². The van der Waals surface area contributed by atoms with Crippen LogP contribution in [-0.2, 0) is 6.54 Å². The number of hydrogen-bond donors (Lipinski definition) is 2. The Morgan fingerprint density at radius 2 is 2.15 bits per heavy atom. The number of fused-ring (bicyclic) bond motifs is 1. The molecule has 4 rings (SSSR count). The fraction of sp³-hybridized carbons (Fsp3) is 0.333. The van der Waals surface area contributed by atoms with Crippen molar-refractivity contribution in [3.63, 3.8) is 0 Å². The number of carbonyl (C=O) groups excluding carboxylic acids is 1. The van der Waals surface area contributed by atoms with Crippen LogP contribution in [0.25, 0.3) is 10.1 Å². The maximum absolute atomic E-state index is 11.6. The van der Waals surface area contributed by atoms with E-state index in [-0.39, 0.29) is 0 Å². The molecule has 140 valence electrons. The minimum atomic E-state index is -0.428. The minimum absolute atomic E-state index is 0.428. The third kappa shape index (κ3) is 3.82. The van der Waals surface area contributed by atoms with E-state index in [1.54, 1.807) is 6.20 Å². The van der Waals surface area contributed by atoms with Crippen molar-refractivity contribution in [1.29, 1.82) is 0 Å². The number of primary amides is 1. The first kappa shape index (κ1) is 17.9. The zero-order valence-corrected chi connectivity index (χ0v) is 16.2. The molecule has 2 unspecified atom stereocenters. The molecule has 0 aliphatic carbocycles. The van der Waals surface area contributed by atoms with Crippen LogP contribution in [0.4, 0.5) is 5.82 Å². The summed E-state index contributed by atoms with van der Waals surface area (Å²) in [5.74, 6) is 0.989. The van der Waals surface area contributed by atoms with Gasteiger partial charge in [0.1, 0.15) is 5.82 Å². The van der Waals surface area contributed by atoms with Gasteiger partial charge in [0.25, 0.3) is 5.91 Å². The molecule has 3 aromatic rings. The van der Waals surface area contributed by atoms with E-state index in [0.717, 1.165) is 35.5 Å². The van der Waals surface area contributed by atoms with Gasteiger partial charge in [-0.3, -0.25) is 9.69 Å². The molecule has 2 aromatic heterocycles. The van der Waals surface area contributed by atoms with Gasteiger partial charge in [-0.2, -0.15) is 0 Å². The summed E-state index contributed by atoms with van der Waals surface area (Å²) in [6.45, 7) is 5.26. The molecule has 0 bridgehead atoms. The van der Waals surface area contributed by atoms with Crippen LogP contribution in [-0.4, -0.2) is 34.9 Å². The Morgan fingerprint density at radius 3 is 2.93 bits per heavy atom. The van der Waals surface area contributed by atoms with E-state index >= 15 is 0 Å². The lowest BCUT2D eigenvalue weighted by molar-refractivity contribution is 0.100. The smallest absolute Gasteiger partial charge is 0.251 e. The van der Waals surface area contributed by atoms with Crippen LogP contribution in [0.15, 0.2) is 48.0 Å². The molecule has 6 heteroatoms. The summed E-state index contributed by atoms with van der Waals surface area (Å²) < 4.78 is 0.908. The molecule has 1 aliphatic heterocycles. The van der Waals surface area contributed by atoms with Gasteiger partial charge in [-0.05, 0) is 36.3 Å². The quantitative estimate of drug-likeness (QED) is 0.684. The number of hydrogen-bond acceptors (Lipinski definition) is 5. The highest BCUT2D eigenvalue weighted by molar-refractivity contribution is 7.17. The Hall–Kier alpha value is -2.44. The molecule has 1 amide bonds. The fourth-order valence-corrected chi connectivity index (χ4v) is 4.83. The van der Waals surface area contributed by atoms with Crippen molar-refractivity contribution in [1.82, 2.24) is 9.88 Å². The van der Waals surface area contributed by atoms with Gasteiger partial charge in [0.2, 0.25) is 0 Å². The first-order valence-electron chi connectivity index (χ1n) is 9.29. The van der Waals surface area contributed by atoms with Crippen molar-refractivity contribution in [2.45, 2.75) is 25.9 Å². The van der Waals surface area contributed by atoms with Gasteiger partial charge in [-0.25, -0.2) is 4.98 Å². The Bertz CT molecular complexity index is 940. The van der Waals surface area contributed by atoms with Gasteiger partial charge in [0.15, 0.2) is 0 Å². The zero-order valence-electron chi connectivity index (χ0n) is 15.4. The summed E-state index contributed by atoms with van der Waals surface area (Å²) in [5.41, 5.74) is 7.32. The number of nitrogens with zero attached hydrogens (tertiary/aromatic N) is 2. The summed E-state index contributed by atoms with van der Waals surface area (Å²) in [6, 6.07) is 13.2. The average molecular weight is 381 g/mol. The first-order chi connectivity index (χ1) is 13.1. The highest BCUT2D eigenvalue weighted by Crippen LogP contribution is 2.30. The number of pyridine rings is 1. The molecule has 5 nitrogen and oxygen atoms in total. The van der Waals surface area contributed by atoms with Crippen LogP contribution in [0.1, 0.15) is 29.3 Å². The number of nitrogens with one attached hydrogen (secondary N) is 1. The highest BCUT2D eigenvalue weighted by atomic mass is 32.1. The standard InChI is InChI=1S/C21H24N4OS/c1-14-9-16(13-25(14)12-15-5-3-2-4-6-15)10-23-21-17-7-8-27-19(17)18(11-24-21)20(22)26/h2-8,11,14,16H,9-10,12-13H2,1H3,(H2,22,26)(H,23,24). The lowest BCUT2D eigenvalue weighted by Gasteiger charge is -2.21. The van der Waals surface area contributed by atoms with Gasteiger partial charge < -0.3 is 11.1 Å². The lowest BCUT2D eigenvalue weighted by Crippen LogP contribution is -2.27. The summed E-state index contributed by atoms with van der Waals surface area (Å²) in [6.07, 6.45) is 2.76. The molecular weight excluding hydrogens is 356 g/mol. The van der Waals surface area contributed by atoms with Crippen molar-refractivity contribution in [2.24, 2.45) is 11.7 Å². The predicted molar refractivity (Wildman–Crippen MR) is 111 cm³/mol. The largest absolute Gasteiger partial charge is 0.369 e. The summed E-state index contributed by atoms with van der Waals surface area (Å²) in [5, 5.41) is 6.45. The number of thiophene rings is 1. The van der Waals surface area contributed by atoms with E-state index in [1.807, 2.05) is 11.4 Å². The molecule has 3 N–H and O–H groups in total. The van der Waals surface area contributed by atoms with Crippen molar-refractivity contribution in [2.75, 3.05) is 18.4 Å². The molecule has 0 spiro atoms. The number of amides is 1. The molecule has 1 aromatic carbocycles. The molecule has 1 saturated heterocycles. The number of rotatable bonds is 6. The molecule has 3 heterocycles. The van der Waals surface area contributed by atoms with Crippen LogP contribution < -0.4 is 11.1 Å². The predicted octanol–water partition coefficient (Wildman–Crippen LogP) is 3.72. The maximum Gasteiger partial charge on any atom is 0.251 e. The SMILES string of the molecule is CC1CC(CNc2ncc(C(N)=O)c3sccc23)CN1Cc1ccccc1. The second kappa shape index (κ2) is 7.66. The number of carbonyl (C=O) groups is 1. The molecule has 1 fully saturated rings. The van der Waals surface area contributed by atoms with E-state index in [1.165, 1.54) is 23.3 Å². The molecule has 27 heavy (non-hydrogen) atoms. The lowest BCUT2D eigenvalue weighted by atomic mass is 10.1. The highest BCUT2D eigenvalue weighted by Gasteiger charge is 2.29. The van der Waals surface area contributed by atoms with Crippen LogP contribution in [0.5, 0.6) is 0 Å². The van der Waals surface area contributed by atoms with Gasteiger partial charge in [0, 0.05) is 37.3 Å². The van der Waals surface area contributed by atoms with E-state index in [9.17, 15) is 4.79 Å². The minimum Gasteiger partial charge on any atom is -0.369 e. The van der Waals surface area contributed by atoms with Gasteiger partial charge >= 0.3 is 0 Å². The third-order valence-electron chi connectivity index (χ3n) is 5.33. The van der Waals surface area contributed by atoms with E-state index in [2.05, 4.69) is 52.5 Å².